The van der Waals surface area contributed by atoms with E-state index >= 15 is 0 Å². The van der Waals surface area contributed by atoms with Crippen molar-refractivity contribution >= 4 is 22.8 Å². The number of fused-ring (bicyclic) bond motifs is 1. The Hall–Kier alpha value is -2.37. The van der Waals surface area contributed by atoms with Gasteiger partial charge in [-0.05, 0) is 24.8 Å². The highest BCUT2D eigenvalue weighted by molar-refractivity contribution is 5.86. The predicted octanol–water partition coefficient (Wildman–Crippen LogP) is 2.34. The van der Waals surface area contributed by atoms with E-state index in [-0.39, 0.29) is 25.0 Å². The molecule has 128 valence electrons. The number of hydrogen-bond acceptors (Lipinski definition) is 4. The van der Waals surface area contributed by atoms with Crippen molar-refractivity contribution in [3.63, 3.8) is 0 Å². The molecular formula is C18H23N3O3. The van der Waals surface area contributed by atoms with Crippen LogP contribution >= 0.6 is 0 Å². The first-order valence-corrected chi connectivity index (χ1v) is 8.50. The van der Waals surface area contributed by atoms with Crippen LogP contribution in [0.3, 0.4) is 0 Å². The molecule has 0 unspecified atom stereocenters. The van der Waals surface area contributed by atoms with Crippen LogP contribution in [0.15, 0.2) is 24.3 Å². The molecule has 1 heterocycles. The van der Waals surface area contributed by atoms with Crippen LogP contribution in [0.4, 0.5) is 0 Å². The lowest BCUT2D eigenvalue weighted by atomic mass is 9.86. The number of hydrogen-bond donors (Lipinski definition) is 2. The number of carbonyl (C=O) groups excluding carboxylic acids is 2. The molecule has 0 radical (unpaired) electrons. The number of para-hydroxylation sites is 1. The van der Waals surface area contributed by atoms with Gasteiger partial charge in [0, 0.05) is 11.4 Å². The van der Waals surface area contributed by atoms with Crippen molar-refractivity contribution in [2.75, 3.05) is 6.61 Å². The Morgan fingerprint density at radius 3 is 2.92 bits per heavy atom. The van der Waals surface area contributed by atoms with Gasteiger partial charge >= 0.3 is 5.97 Å². The third-order valence-corrected chi connectivity index (χ3v) is 4.68. The first-order chi connectivity index (χ1) is 11.6. The van der Waals surface area contributed by atoms with Crippen LogP contribution in [0.2, 0.25) is 0 Å². The summed E-state index contributed by atoms with van der Waals surface area (Å²) in [5.74, 6) is -0.178. The zero-order chi connectivity index (χ0) is 16.9. The molecule has 0 saturated heterocycles. The first kappa shape index (κ1) is 16.5. The maximum atomic E-state index is 12.0. The monoisotopic (exact) mass is 329 g/mol. The van der Waals surface area contributed by atoms with E-state index in [0.29, 0.717) is 11.6 Å². The molecule has 3 rings (SSSR count). The second-order valence-corrected chi connectivity index (χ2v) is 6.49. The number of rotatable bonds is 5. The third-order valence-electron chi connectivity index (χ3n) is 4.68. The summed E-state index contributed by atoms with van der Waals surface area (Å²) >= 11 is 0. The van der Waals surface area contributed by atoms with Crippen molar-refractivity contribution in [2.45, 2.75) is 45.1 Å². The molecular weight excluding hydrogens is 306 g/mol. The topological polar surface area (TPSA) is 84.1 Å². The molecule has 1 aliphatic rings. The fraction of sp³-hybridized carbons (Fsp3) is 0.500. The van der Waals surface area contributed by atoms with Gasteiger partial charge in [0.2, 0.25) is 0 Å². The Morgan fingerprint density at radius 1 is 1.29 bits per heavy atom. The van der Waals surface area contributed by atoms with Crippen LogP contribution in [0.5, 0.6) is 0 Å². The lowest BCUT2D eigenvalue weighted by Crippen LogP contribution is -2.43. The van der Waals surface area contributed by atoms with Crippen LogP contribution in [0.25, 0.3) is 10.9 Å². The smallest absolute Gasteiger partial charge is 0.312 e. The number of amides is 1. The van der Waals surface area contributed by atoms with E-state index in [1.54, 1.807) is 0 Å². The summed E-state index contributed by atoms with van der Waals surface area (Å²) in [5, 5.41) is 10.9. The molecule has 6 heteroatoms. The number of aromatic amines is 1. The lowest BCUT2D eigenvalue weighted by Gasteiger charge is -2.29. The molecule has 0 bridgehead atoms. The molecule has 2 aromatic rings. The molecule has 1 aromatic heterocycles. The number of nitrogens with zero attached hydrogens (tertiary/aromatic N) is 1. The first-order valence-electron chi connectivity index (χ1n) is 8.50. The minimum atomic E-state index is -0.434. The molecule has 6 nitrogen and oxygen atoms in total. The second-order valence-electron chi connectivity index (χ2n) is 6.49. The lowest BCUT2D eigenvalue weighted by molar-refractivity contribution is -0.148. The zero-order valence-electron chi connectivity index (χ0n) is 13.9. The number of ether oxygens (including phenoxy) is 1. The average Bonchev–Trinajstić information content (AvgIpc) is 2.98. The summed E-state index contributed by atoms with van der Waals surface area (Å²) < 4.78 is 5.10. The van der Waals surface area contributed by atoms with Gasteiger partial charge in [0.1, 0.15) is 0 Å². The van der Waals surface area contributed by atoms with E-state index in [0.717, 1.165) is 30.2 Å². The van der Waals surface area contributed by atoms with Crippen LogP contribution in [0.1, 0.15) is 38.3 Å². The van der Waals surface area contributed by atoms with E-state index in [2.05, 4.69) is 22.4 Å². The van der Waals surface area contributed by atoms with Gasteiger partial charge in [-0.25, -0.2) is 0 Å². The molecule has 1 fully saturated rings. The second kappa shape index (κ2) is 7.47. The Balaban J connectivity index is 1.47. The number of esters is 1. The summed E-state index contributed by atoms with van der Waals surface area (Å²) in [7, 11) is 0. The number of carbonyl (C=O) groups is 2. The summed E-state index contributed by atoms with van der Waals surface area (Å²) in [5.41, 5.74) is 1.52. The van der Waals surface area contributed by atoms with Crippen molar-refractivity contribution < 1.29 is 14.3 Å². The summed E-state index contributed by atoms with van der Waals surface area (Å²) in [6.07, 6.45) is 4.58. The van der Waals surface area contributed by atoms with Crippen molar-refractivity contribution in [2.24, 2.45) is 5.92 Å². The van der Waals surface area contributed by atoms with E-state index in [9.17, 15) is 9.59 Å². The maximum absolute atomic E-state index is 12.0. The molecule has 1 saturated carbocycles. The number of H-pyrrole nitrogens is 1. The minimum Gasteiger partial charge on any atom is -0.455 e. The standard InChI is InChI=1S/C18H23N3O3/c1-12-6-2-4-8-14(12)19-17(22)11-24-18(23)10-16-13-7-3-5-9-15(13)20-21-16/h3,5,7,9,12,14H,2,4,6,8,10-11H2,1H3,(H,19,22)(H,20,21)/t12-,14+/m1/s1. The quantitative estimate of drug-likeness (QED) is 0.825. The van der Waals surface area contributed by atoms with E-state index in [4.69, 9.17) is 4.74 Å². The minimum absolute atomic E-state index is 0.0770. The average molecular weight is 329 g/mol. The fourth-order valence-corrected chi connectivity index (χ4v) is 3.27. The Kier molecular flexibility index (Phi) is 5.13. The van der Waals surface area contributed by atoms with Gasteiger partial charge in [0.15, 0.2) is 6.61 Å². The molecule has 2 N–H and O–H groups in total. The zero-order valence-corrected chi connectivity index (χ0v) is 13.9. The molecule has 2 atom stereocenters. The van der Waals surface area contributed by atoms with Crippen molar-refractivity contribution in [3.05, 3.63) is 30.0 Å². The molecule has 24 heavy (non-hydrogen) atoms. The largest absolute Gasteiger partial charge is 0.455 e. The van der Waals surface area contributed by atoms with Crippen LogP contribution in [-0.2, 0) is 20.7 Å². The maximum Gasteiger partial charge on any atom is 0.312 e. The van der Waals surface area contributed by atoms with Gasteiger partial charge in [0.25, 0.3) is 5.91 Å². The molecule has 1 aromatic carbocycles. The van der Waals surface area contributed by atoms with Crippen LogP contribution in [-0.4, -0.2) is 34.7 Å². The fourth-order valence-electron chi connectivity index (χ4n) is 3.27. The van der Waals surface area contributed by atoms with Gasteiger partial charge in [-0.15, -0.1) is 0 Å². The Labute approximate surface area is 141 Å². The predicted molar refractivity (Wildman–Crippen MR) is 90.3 cm³/mol. The van der Waals surface area contributed by atoms with Crippen molar-refractivity contribution in [1.82, 2.24) is 15.5 Å². The Bertz CT molecular complexity index is 725. The van der Waals surface area contributed by atoms with Gasteiger partial charge in [-0.3, -0.25) is 14.7 Å². The molecule has 1 amide bonds. The summed E-state index contributed by atoms with van der Waals surface area (Å²) in [6, 6.07) is 7.76. The SMILES string of the molecule is C[C@@H]1CCCC[C@@H]1NC(=O)COC(=O)Cc1[nH]nc2ccccc12. The number of benzene rings is 1. The van der Waals surface area contributed by atoms with Gasteiger partial charge < -0.3 is 10.1 Å². The van der Waals surface area contributed by atoms with Gasteiger partial charge in [-0.2, -0.15) is 5.10 Å². The number of nitrogens with one attached hydrogen (secondary N) is 2. The third kappa shape index (κ3) is 3.93. The summed E-state index contributed by atoms with van der Waals surface area (Å²) in [4.78, 5) is 23.9. The molecule has 0 spiro atoms. The van der Waals surface area contributed by atoms with Crippen LogP contribution in [0, 0.1) is 5.92 Å². The van der Waals surface area contributed by atoms with Gasteiger partial charge in [-0.1, -0.05) is 38.0 Å². The van der Waals surface area contributed by atoms with Crippen LogP contribution < -0.4 is 5.32 Å². The highest BCUT2D eigenvalue weighted by Gasteiger charge is 2.23. The van der Waals surface area contributed by atoms with E-state index < -0.39 is 5.97 Å². The Morgan fingerprint density at radius 2 is 2.08 bits per heavy atom. The van der Waals surface area contributed by atoms with E-state index in [1.807, 2.05) is 24.3 Å². The summed E-state index contributed by atoms with van der Waals surface area (Å²) in [6.45, 7) is 1.92. The van der Waals surface area contributed by atoms with Gasteiger partial charge in [0.05, 0.1) is 17.6 Å². The molecule has 1 aliphatic carbocycles. The highest BCUT2D eigenvalue weighted by Crippen LogP contribution is 2.23. The van der Waals surface area contributed by atoms with Crippen molar-refractivity contribution in [3.8, 4) is 0 Å². The van der Waals surface area contributed by atoms with E-state index in [1.165, 1.54) is 6.42 Å². The number of aromatic nitrogens is 2. The molecule has 0 aliphatic heterocycles. The van der Waals surface area contributed by atoms with Crippen molar-refractivity contribution in [1.29, 1.82) is 0 Å². The normalized spacial score (nSPS) is 20.7. The highest BCUT2D eigenvalue weighted by atomic mass is 16.5.